The molecule has 6 heteroatoms. The van der Waals surface area contributed by atoms with Gasteiger partial charge in [-0.3, -0.25) is 4.79 Å². The third-order valence-electron chi connectivity index (χ3n) is 3.74. The van der Waals surface area contributed by atoms with Crippen LogP contribution in [0.5, 0.6) is 11.5 Å². The molecule has 0 saturated carbocycles. The SMILES string of the molecule is COc1cc(C=C2SC(N3CCCCC3)=NC2=O)ccc1O. The number of amidine groups is 1. The number of aliphatic imine (C=N–C) groups is 1. The van der Waals surface area contributed by atoms with Gasteiger partial charge in [0.15, 0.2) is 16.7 Å². The Balaban J connectivity index is 1.77. The number of aromatic hydroxyl groups is 1. The Morgan fingerprint density at radius 2 is 2.09 bits per heavy atom. The van der Waals surface area contributed by atoms with Crippen molar-refractivity contribution < 1.29 is 14.6 Å². The maximum Gasteiger partial charge on any atom is 0.286 e. The lowest BCUT2D eigenvalue weighted by Gasteiger charge is -2.27. The number of likely N-dealkylation sites (tertiary alicyclic amines) is 1. The van der Waals surface area contributed by atoms with Crippen molar-refractivity contribution >= 4 is 28.9 Å². The number of amides is 1. The number of rotatable bonds is 2. The lowest BCUT2D eigenvalue weighted by atomic mass is 10.1. The van der Waals surface area contributed by atoms with Crippen LogP contribution in [0, 0.1) is 0 Å². The number of hydrogen-bond donors (Lipinski definition) is 1. The summed E-state index contributed by atoms with van der Waals surface area (Å²) in [5, 5.41) is 10.4. The number of phenolic OH excluding ortho intramolecular Hbond substituents is 1. The molecule has 0 bridgehead atoms. The van der Waals surface area contributed by atoms with Crippen LogP contribution in [-0.2, 0) is 4.79 Å². The van der Waals surface area contributed by atoms with Gasteiger partial charge in [-0.2, -0.15) is 4.99 Å². The van der Waals surface area contributed by atoms with Crippen LogP contribution in [0.1, 0.15) is 24.8 Å². The number of ether oxygens (including phenoxy) is 1. The molecule has 1 fully saturated rings. The van der Waals surface area contributed by atoms with Gasteiger partial charge in [0.25, 0.3) is 5.91 Å². The third kappa shape index (κ3) is 3.11. The van der Waals surface area contributed by atoms with E-state index in [4.69, 9.17) is 4.74 Å². The highest BCUT2D eigenvalue weighted by molar-refractivity contribution is 8.18. The van der Waals surface area contributed by atoms with E-state index in [1.54, 1.807) is 24.3 Å². The van der Waals surface area contributed by atoms with Crippen molar-refractivity contribution in [3.63, 3.8) is 0 Å². The topological polar surface area (TPSA) is 62.1 Å². The van der Waals surface area contributed by atoms with Crippen molar-refractivity contribution in [2.24, 2.45) is 4.99 Å². The minimum absolute atomic E-state index is 0.0836. The summed E-state index contributed by atoms with van der Waals surface area (Å²) in [6.45, 7) is 1.94. The van der Waals surface area contributed by atoms with Gasteiger partial charge in [0.1, 0.15) is 0 Å². The summed E-state index contributed by atoms with van der Waals surface area (Å²) in [4.78, 5) is 19.0. The fraction of sp³-hybridized carbons (Fsp3) is 0.375. The van der Waals surface area contributed by atoms with E-state index in [2.05, 4.69) is 9.89 Å². The van der Waals surface area contributed by atoms with Crippen molar-refractivity contribution in [2.75, 3.05) is 20.2 Å². The van der Waals surface area contributed by atoms with Gasteiger partial charge in [0, 0.05) is 13.1 Å². The first kappa shape index (κ1) is 15.0. The molecule has 2 aliphatic heterocycles. The molecule has 0 radical (unpaired) electrons. The average Bonchev–Trinajstić information content (AvgIpc) is 2.91. The highest BCUT2D eigenvalue weighted by atomic mass is 32.2. The predicted molar refractivity (Wildman–Crippen MR) is 88.1 cm³/mol. The zero-order chi connectivity index (χ0) is 15.5. The average molecular weight is 318 g/mol. The van der Waals surface area contributed by atoms with Gasteiger partial charge in [0.05, 0.1) is 12.0 Å². The molecule has 0 aliphatic carbocycles. The molecule has 2 aliphatic rings. The highest BCUT2D eigenvalue weighted by Crippen LogP contribution is 2.33. The Morgan fingerprint density at radius 1 is 1.32 bits per heavy atom. The van der Waals surface area contributed by atoms with Crippen LogP contribution >= 0.6 is 11.8 Å². The number of phenols is 1. The van der Waals surface area contributed by atoms with Crippen molar-refractivity contribution in [1.29, 1.82) is 0 Å². The highest BCUT2D eigenvalue weighted by Gasteiger charge is 2.26. The fourth-order valence-corrected chi connectivity index (χ4v) is 3.52. The molecule has 0 spiro atoms. The van der Waals surface area contributed by atoms with Crippen LogP contribution in [0.25, 0.3) is 6.08 Å². The minimum atomic E-state index is -0.197. The molecule has 5 nitrogen and oxygen atoms in total. The van der Waals surface area contributed by atoms with E-state index >= 15 is 0 Å². The molecule has 116 valence electrons. The van der Waals surface area contributed by atoms with Crippen LogP contribution in [0.4, 0.5) is 0 Å². The van der Waals surface area contributed by atoms with E-state index in [9.17, 15) is 9.90 Å². The van der Waals surface area contributed by atoms with Gasteiger partial charge in [-0.15, -0.1) is 0 Å². The van der Waals surface area contributed by atoms with Crippen LogP contribution in [-0.4, -0.2) is 41.3 Å². The minimum Gasteiger partial charge on any atom is -0.504 e. The molecule has 0 unspecified atom stereocenters. The van der Waals surface area contributed by atoms with Crippen molar-refractivity contribution in [3.8, 4) is 11.5 Å². The molecule has 1 saturated heterocycles. The Morgan fingerprint density at radius 3 is 2.82 bits per heavy atom. The smallest absolute Gasteiger partial charge is 0.286 e. The maximum absolute atomic E-state index is 12.1. The molecule has 0 atom stereocenters. The van der Waals surface area contributed by atoms with Crippen molar-refractivity contribution in [2.45, 2.75) is 19.3 Å². The van der Waals surface area contributed by atoms with E-state index in [1.165, 1.54) is 25.3 Å². The predicted octanol–water partition coefficient (Wildman–Crippen LogP) is 2.86. The summed E-state index contributed by atoms with van der Waals surface area (Å²) in [6.07, 6.45) is 5.34. The summed E-state index contributed by atoms with van der Waals surface area (Å²) in [5.41, 5.74) is 0.806. The largest absolute Gasteiger partial charge is 0.504 e. The van der Waals surface area contributed by atoms with E-state index in [0.29, 0.717) is 10.7 Å². The molecule has 1 aromatic rings. The summed E-state index contributed by atoms with van der Waals surface area (Å²) in [6, 6.07) is 5.01. The number of benzene rings is 1. The maximum atomic E-state index is 12.1. The molecule has 1 N–H and O–H groups in total. The van der Waals surface area contributed by atoms with Gasteiger partial charge in [-0.05, 0) is 54.8 Å². The zero-order valence-corrected chi connectivity index (χ0v) is 13.2. The number of nitrogens with zero attached hydrogens (tertiary/aromatic N) is 2. The quantitative estimate of drug-likeness (QED) is 0.850. The lowest BCUT2D eigenvalue weighted by molar-refractivity contribution is -0.113. The lowest BCUT2D eigenvalue weighted by Crippen LogP contribution is -2.33. The summed E-state index contributed by atoms with van der Waals surface area (Å²) in [7, 11) is 1.50. The third-order valence-corrected chi connectivity index (χ3v) is 4.78. The summed E-state index contributed by atoms with van der Waals surface area (Å²) in [5.74, 6) is 0.278. The van der Waals surface area contributed by atoms with Gasteiger partial charge in [-0.1, -0.05) is 6.07 Å². The Bertz CT molecular complexity index is 649. The number of piperidine rings is 1. The second kappa shape index (κ2) is 6.44. The van der Waals surface area contributed by atoms with Crippen LogP contribution in [0.3, 0.4) is 0 Å². The summed E-state index contributed by atoms with van der Waals surface area (Å²) >= 11 is 1.42. The Kier molecular flexibility index (Phi) is 4.38. The van der Waals surface area contributed by atoms with Crippen LogP contribution in [0.2, 0.25) is 0 Å². The number of carbonyl (C=O) groups excluding carboxylic acids is 1. The molecular weight excluding hydrogens is 300 g/mol. The number of hydrogen-bond acceptors (Lipinski definition) is 5. The number of thioether (sulfide) groups is 1. The number of carbonyl (C=O) groups is 1. The monoisotopic (exact) mass is 318 g/mol. The van der Waals surface area contributed by atoms with E-state index in [0.717, 1.165) is 36.7 Å². The fourth-order valence-electron chi connectivity index (χ4n) is 2.55. The number of methoxy groups -OCH3 is 1. The normalized spacial score (nSPS) is 20.4. The van der Waals surface area contributed by atoms with Gasteiger partial charge >= 0.3 is 0 Å². The van der Waals surface area contributed by atoms with E-state index < -0.39 is 0 Å². The first-order valence-corrected chi connectivity index (χ1v) is 8.13. The zero-order valence-electron chi connectivity index (χ0n) is 12.4. The van der Waals surface area contributed by atoms with Crippen molar-refractivity contribution in [1.82, 2.24) is 4.90 Å². The second-order valence-corrected chi connectivity index (χ2v) is 6.30. The van der Waals surface area contributed by atoms with Crippen molar-refractivity contribution in [3.05, 3.63) is 28.7 Å². The molecule has 1 amide bonds. The van der Waals surface area contributed by atoms with Gasteiger partial charge in [0.2, 0.25) is 0 Å². The molecule has 0 aromatic heterocycles. The Hall–Kier alpha value is -1.95. The standard InChI is InChI=1S/C16H18N2O3S/c1-21-13-9-11(5-6-12(13)19)10-14-15(20)17-16(22-14)18-7-3-2-4-8-18/h5-6,9-10,19H,2-4,7-8H2,1H3. The molecular formula is C16H18N2O3S. The van der Waals surface area contributed by atoms with Crippen LogP contribution < -0.4 is 4.74 Å². The first-order valence-electron chi connectivity index (χ1n) is 7.32. The van der Waals surface area contributed by atoms with E-state index in [1.807, 2.05) is 0 Å². The molecule has 1 aromatic carbocycles. The first-order chi connectivity index (χ1) is 10.7. The van der Waals surface area contributed by atoms with Gasteiger partial charge < -0.3 is 14.7 Å². The summed E-state index contributed by atoms with van der Waals surface area (Å²) < 4.78 is 5.09. The van der Waals surface area contributed by atoms with Gasteiger partial charge in [-0.25, -0.2) is 0 Å². The molecule has 3 rings (SSSR count). The van der Waals surface area contributed by atoms with E-state index in [-0.39, 0.29) is 11.7 Å². The van der Waals surface area contributed by atoms with Crippen LogP contribution in [0.15, 0.2) is 28.1 Å². The Labute approximate surface area is 133 Å². The molecule has 22 heavy (non-hydrogen) atoms. The second-order valence-electron chi connectivity index (χ2n) is 5.29. The molecule has 2 heterocycles.